The van der Waals surface area contributed by atoms with Gasteiger partial charge in [-0.2, -0.15) is 0 Å². The van der Waals surface area contributed by atoms with E-state index in [0.717, 1.165) is 6.07 Å². The zero-order valence-electron chi connectivity index (χ0n) is 17.9. The number of fused-ring (bicyclic) bond motifs is 1. The molecule has 0 bridgehead atoms. The van der Waals surface area contributed by atoms with Crippen molar-refractivity contribution in [2.24, 2.45) is 0 Å². The molecule has 0 atom stereocenters. The number of hydrogen-bond donors (Lipinski definition) is 4. The summed E-state index contributed by atoms with van der Waals surface area (Å²) in [4.78, 5) is 21.6. The Hall–Kier alpha value is -3.21. The molecule has 4 rings (SSSR count). The lowest BCUT2D eigenvalue weighted by Gasteiger charge is -2.35. The molecule has 4 N–H and O–H groups in total. The molecule has 11 heteroatoms. The Morgan fingerprint density at radius 1 is 1.27 bits per heavy atom. The number of allylic oxidation sites excluding steroid dienone is 1. The van der Waals surface area contributed by atoms with Crippen LogP contribution in [0, 0.1) is 16.6 Å². The highest BCUT2D eigenvalue weighted by atomic mass is 32.2. The maximum Gasteiger partial charge on any atom is 0.254 e. The number of hydrogen-bond acceptors (Lipinski definition) is 7. The number of benzene rings is 1. The zero-order chi connectivity index (χ0) is 23.9. The van der Waals surface area contributed by atoms with Gasteiger partial charge in [0.25, 0.3) is 11.8 Å². The average Bonchev–Trinajstić information content (AvgIpc) is 3.07. The van der Waals surface area contributed by atoms with Crippen LogP contribution >= 0.6 is 11.8 Å². The van der Waals surface area contributed by atoms with E-state index in [0.29, 0.717) is 38.8 Å². The van der Waals surface area contributed by atoms with Crippen LogP contribution in [0.15, 0.2) is 35.0 Å². The third-order valence-electron chi connectivity index (χ3n) is 5.57. The molecule has 1 aromatic heterocycles. The van der Waals surface area contributed by atoms with Crippen molar-refractivity contribution in [1.82, 2.24) is 15.3 Å². The van der Waals surface area contributed by atoms with E-state index in [-0.39, 0.29) is 17.2 Å². The summed E-state index contributed by atoms with van der Waals surface area (Å²) in [6.07, 6.45) is 0.478. The van der Waals surface area contributed by atoms with Crippen LogP contribution in [0.3, 0.4) is 0 Å². The number of carbonyl (C=O) groups is 1. The first-order valence-corrected chi connectivity index (χ1v) is 11.0. The molecule has 1 aliphatic heterocycles. The largest absolute Gasteiger partial charge is 0.365 e. The van der Waals surface area contributed by atoms with Gasteiger partial charge in [-0.15, -0.1) is 0 Å². The van der Waals surface area contributed by atoms with E-state index in [2.05, 4.69) is 20.6 Å². The number of nitrogens with one attached hydrogen (secondary N) is 4. The molecule has 1 aliphatic carbocycles. The van der Waals surface area contributed by atoms with Crippen LogP contribution in [0.5, 0.6) is 0 Å². The number of alkyl halides is 2. The first-order valence-electron chi connectivity index (χ1n) is 10.2. The van der Waals surface area contributed by atoms with Gasteiger partial charge in [-0.1, -0.05) is 17.8 Å². The molecule has 2 aliphatic rings. The number of carbonyl (C=O) groups excluding carboxylic acids is 1. The second-order valence-electron chi connectivity index (χ2n) is 8.06. The predicted molar refractivity (Wildman–Crippen MR) is 121 cm³/mol. The molecule has 33 heavy (non-hydrogen) atoms. The van der Waals surface area contributed by atoms with Crippen LogP contribution in [0.25, 0.3) is 5.57 Å². The van der Waals surface area contributed by atoms with Crippen molar-refractivity contribution in [2.45, 2.75) is 50.1 Å². The standard InChI is InChI=1S/C22H21F3N6OS/c1-10(11(2)26)16-17-18(33-19(16)27)20(30-9-29-17)28-8-12-3-4-15(23)14(5-12)21(32)31-13-6-22(24,25)7-13/h3-5,9,13,26-27H,6-8H2,1-2H3,(H,31,32)(H,28,29,30)/b16-10-,26-11?,27-19?. The zero-order valence-corrected chi connectivity index (χ0v) is 18.7. The Kier molecular flexibility index (Phi) is 6.00. The van der Waals surface area contributed by atoms with Crippen LogP contribution in [0.1, 0.15) is 48.3 Å². The van der Waals surface area contributed by atoms with Crippen LogP contribution in [-0.2, 0) is 6.54 Å². The van der Waals surface area contributed by atoms with Crippen molar-refractivity contribution >= 4 is 39.8 Å². The maximum atomic E-state index is 14.2. The van der Waals surface area contributed by atoms with Gasteiger partial charge in [0.15, 0.2) is 0 Å². The van der Waals surface area contributed by atoms with Crippen LogP contribution in [-0.4, -0.2) is 38.6 Å². The fourth-order valence-electron chi connectivity index (χ4n) is 3.64. The number of halogens is 3. The van der Waals surface area contributed by atoms with Crippen LogP contribution < -0.4 is 10.6 Å². The summed E-state index contributed by atoms with van der Waals surface area (Å²) in [5.74, 6) is -3.76. The minimum Gasteiger partial charge on any atom is -0.365 e. The monoisotopic (exact) mass is 474 g/mol. The van der Waals surface area contributed by atoms with Gasteiger partial charge in [0.2, 0.25) is 0 Å². The molecule has 0 radical (unpaired) electrons. The Bertz CT molecular complexity index is 1200. The topological polar surface area (TPSA) is 115 Å². The summed E-state index contributed by atoms with van der Waals surface area (Å²) in [5.41, 5.74) is 2.55. The third-order valence-corrected chi connectivity index (χ3v) is 6.57. The molecule has 2 aromatic rings. The van der Waals surface area contributed by atoms with Crippen molar-refractivity contribution < 1.29 is 18.0 Å². The fraction of sp³-hybridized carbons (Fsp3) is 0.318. The predicted octanol–water partition coefficient (Wildman–Crippen LogP) is 4.65. The van der Waals surface area contributed by atoms with Crippen molar-refractivity contribution in [3.8, 4) is 0 Å². The summed E-state index contributed by atoms with van der Waals surface area (Å²) < 4.78 is 40.2. The van der Waals surface area contributed by atoms with Gasteiger partial charge >= 0.3 is 0 Å². The smallest absolute Gasteiger partial charge is 0.254 e. The molecule has 1 saturated carbocycles. The molecule has 1 fully saturated rings. The number of anilines is 1. The van der Waals surface area contributed by atoms with Gasteiger partial charge in [0.05, 0.1) is 16.2 Å². The van der Waals surface area contributed by atoms with E-state index >= 15 is 0 Å². The van der Waals surface area contributed by atoms with Gasteiger partial charge < -0.3 is 16.0 Å². The molecule has 0 saturated heterocycles. The molecule has 1 amide bonds. The van der Waals surface area contributed by atoms with Crippen LogP contribution in [0.4, 0.5) is 19.0 Å². The van der Waals surface area contributed by atoms with Crippen molar-refractivity contribution in [3.63, 3.8) is 0 Å². The second kappa shape index (κ2) is 8.62. The number of rotatable bonds is 6. The number of amides is 1. The second-order valence-corrected chi connectivity index (χ2v) is 9.08. The first kappa shape index (κ1) is 23.0. The summed E-state index contributed by atoms with van der Waals surface area (Å²) in [5, 5.41) is 22.0. The minimum atomic E-state index is -2.78. The molecular formula is C22H21F3N6OS. The SMILES string of the molecule is CC(=N)/C(C)=C1\C(=N)Sc2c(NCc3ccc(F)c(C(=O)NC4CC(F)(F)C4)c3)ncnc21. The lowest BCUT2D eigenvalue weighted by Crippen LogP contribution is -2.50. The molecule has 172 valence electrons. The molecule has 0 spiro atoms. The molecule has 1 aromatic carbocycles. The van der Waals surface area contributed by atoms with Gasteiger partial charge in [-0.05, 0) is 37.1 Å². The highest BCUT2D eigenvalue weighted by molar-refractivity contribution is 8.15. The van der Waals surface area contributed by atoms with Crippen molar-refractivity contribution in [3.05, 3.63) is 52.7 Å². The summed E-state index contributed by atoms with van der Waals surface area (Å²) >= 11 is 1.19. The summed E-state index contributed by atoms with van der Waals surface area (Å²) in [7, 11) is 0. The van der Waals surface area contributed by atoms with E-state index in [1.54, 1.807) is 13.8 Å². The van der Waals surface area contributed by atoms with Crippen molar-refractivity contribution in [1.29, 1.82) is 10.8 Å². The van der Waals surface area contributed by atoms with E-state index in [4.69, 9.17) is 10.8 Å². The van der Waals surface area contributed by atoms with Crippen LogP contribution in [0.2, 0.25) is 0 Å². The lowest BCUT2D eigenvalue weighted by atomic mass is 9.88. The Balaban J connectivity index is 1.50. The number of aromatic nitrogens is 2. The summed E-state index contributed by atoms with van der Waals surface area (Å²) in [6.45, 7) is 3.63. The van der Waals surface area contributed by atoms with Gasteiger partial charge in [0.1, 0.15) is 23.0 Å². The van der Waals surface area contributed by atoms with E-state index in [1.807, 2.05) is 0 Å². The van der Waals surface area contributed by atoms with Crippen molar-refractivity contribution in [2.75, 3.05) is 5.32 Å². The average molecular weight is 475 g/mol. The lowest BCUT2D eigenvalue weighted by molar-refractivity contribution is -0.0901. The normalized spacial score (nSPS) is 18.4. The van der Waals surface area contributed by atoms with E-state index in [1.165, 1.54) is 30.2 Å². The highest BCUT2D eigenvalue weighted by Gasteiger charge is 2.46. The minimum absolute atomic E-state index is 0.209. The number of thioether (sulfide) groups is 1. The van der Waals surface area contributed by atoms with E-state index in [9.17, 15) is 18.0 Å². The quantitative estimate of drug-likeness (QED) is 0.455. The van der Waals surface area contributed by atoms with Gasteiger partial charge in [-0.25, -0.2) is 23.1 Å². The first-order chi connectivity index (χ1) is 15.6. The van der Waals surface area contributed by atoms with Gasteiger partial charge in [-0.3, -0.25) is 10.2 Å². The molecule has 7 nitrogen and oxygen atoms in total. The van der Waals surface area contributed by atoms with E-state index < -0.39 is 36.5 Å². The Morgan fingerprint density at radius 3 is 2.67 bits per heavy atom. The van der Waals surface area contributed by atoms with Gasteiger partial charge in [0, 0.05) is 36.7 Å². The number of nitrogens with zero attached hydrogens (tertiary/aromatic N) is 2. The molecule has 0 unspecified atom stereocenters. The highest BCUT2D eigenvalue weighted by Crippen LogP contribution is 2.44. The fourth-order valence-corrected chi connectivity index (χ4v) is 4.67. The molecule has 2 heterocycles. The Morgan fingerprint density at radius 2 is 2.00 bits per heavy atom. The Labute approximate surface area is 192 Å². The third kappa shape index (κ3) is 4.63. The summed E-state index contributed by atoms with van der Waals surface area (Å²) in [6, 6.07) is 3.38. The maximum absolute atomic E-state index is 14.2. The molecular weight excluding hydrogens is 453 g/mol.